The number of nitrogens with one attached hydrogen (secondary N) is 1. The summed E-state index contributed by atoms with van der Waals surface area (Å²) in [5.74, 6) is 0.145. The first-order valence-corrected chi connectivity index (χ1v) is 7.52. The topological polar surface area (TPSA) is 55.1 Å². The SMILES string of the molecule is Nc1cc(Cl)ccc1NC(=O)CSc1cccc(Cl)c1. The summed E-state index contributed by atoms with van der Waals surface area (Å²) >= 11 is 13.1. The van der Waals surface area contributed by atoms with Crippen LogP contribution in [0.5, 0.6) is 0 Å². The summed E-state index contributed by atoms with van der Waals surface area (Å²) in [5, 5.41) is 3.93. The van der Waals surface area contributed by atoms with Gasteiger partial charge in [-0.25, -0.2) is 0 Å². The van der Waals surface area contributed by atoms with Crippen molar-refractivity contribution >= 4 is 52.2 Å². The van der Waals surface area contributed by atoms with Crippen molar-refractivity contribution in [3.63, 3.8) is 0 Å². The molecule has 2 aromatic carbocycles. The zero-order chi connectivity index (χ0) is 14.5. The molecule has 0 aromatic heterocycles. The maximum absolute atomic E-state index is 11.9. The number of benzene rings is 2. The molecule has 6 heteroatoms. The Morgan fingerprint density at radius 3 is 2.60 bits per heavy atom. The van der Waals surface area contributed by atoms with Crippen molar-refractivity contribution in [2.75, 3.05) is 16.8 Å². The van der Waals surface area contributed by atoms with Crippen molar-refractivity contribution in [1.29, 1.82) is 0 Å². The van der Waals surface area contributed by atoms with Gasteiger partial charge in [-0.3, -0.25) is 4.79 Å². The number of hydrogen-bond donors (Lipinski definition) is 2. The molecule has 0 spiro atoms. The smallest absolute Gasteiger partial charge is 0.234 e. The quantitative estimate of drug-likeness (QED) is 0.650. The number of hydrogen-bond acceptors (Lipinski definition) is 3. The molecule has 104 valence electrons. The molecule has 20 heavy (non-hydrogen) atoms. The van der Waals surface area contributed by atoms with E-state index in [1.807, 2.05) is 18.2 Å². The molecule has 0 aliphatic rings. The molecule has 2 rings (SSSR count). The highest BCUT2D eigenvalue weighted by Crippen LogP contribution is 2.24. The second-order valence-electron chi connectivity index (χ2n) is 4.03. The largest absolute Gasteiger partial charge is 0.397 e. The Balaban J connectivity index is 1.92. The summed E-state index contributed by atoms with van der Waals surface area (Å²) < 4.78 is 0. The number of anilines is 2. The molecule has 0 atom stereocenters. The third-order valence-corrected chi connectivity index (χ3v) is 3.92. The monoisotopic (exact) mass is 326 g/mol. The van der Waals surface area contributed by atoms with E-state index in [2.05, 4.69) is 5.32 Å². The molecule has 1 amide bonds. The summed E-state index contributed by atoms with van der Waals surface area (Å²) in [6.07, 6.45) is 0. The summed E-state index contributed by atoms with van der Waals surface area (Å²) in [6.45, 7) is 0. The molecule has 0 bridgehead atoms. The molecule has 0 aliphatic heterocycles. The van der Waals surface area contributed by atoms with Crippen LogP contribution in [-0.2, 0) is 4.79 Å². The van der Waals surface area contributed by atoms with E-state index in [0.29, 0.717) is 21.4 Å². The van der Waals surface area contributed by atoms with Crippen molar-refractivity contribution in [2.45, 2.75) is 4.90 Å². The normalized spacial score (nSPS) is 10.3. The Morgan fingerprint density at radius 1 is 1.15 bits per heavy atom. The van der Waals surface area contributed by atoms with Crippen molar-refractivity contribution in [1.82, 2.24) is 0 Å². The number of halogens is 2. The molecule has 0 unspecified atom stereocenters. The van der Waals surface area contributed by atoms with Gasteiger partial charge in [0.1, 0.15) is 0 Å². The number of thioether (sulfide) groups is 1. The number of rotatable bonds is 4. The lowest BCUT2D eigenvalue weighted by Gasteiger charge is -2.08. The fourth-order valence-corrected chi connectivity index (χ4v) is 2.73. The summed E-state index contributed by atoms with van der Waals surface area (Å²) in [6, 6.07) is 12.3. The molecule has 0 fully saturated rings. The van der Waals surface area contributed by atoms with Crippen LogP contribution in [0.3, 0.4) is 0 Å². The molecule has 2 aromatic rings. The van der Waals surface area contributed by atoms with Crippen LogP contribution in [0.4, 0.5) is 11.4 Å². The zero-order valence-electron chi connectivity index (χ0n) is 10.4. The first-order chi connectivity index (χ1) is 9.54. The van der Waals surface area contributed by atoms with Crippen LogP contribution in [0.25, 0.3) is 0 Å². The average molecular weight is 327 g/mol. The Hall–Kier alpha value is -1.36. The summed E-state index contributed by atoms with van der Waals surface area (Å²) in [7, 11) is 0. The molecule has 0 saturated carbocycles. The fourth-order valence-electron chi connectivity index (χ4n) is 1.54. The first-order valence-electron chi connectivity index (χ1n) is 5.78. The van der Waals surface area contributed by atoms with Gasteiger partial charge in [0.15, 0.2) is 0 Å². The van der Waals surface area contributed by atoms with Gasteiger partial charge in [0.25, 0.3) is 0 Å². The van der Waals surface area contributed by atoms with Crippen molar-refractivity contribution < 1.29 is 4.79 Å². The number of carbonyl (C=O) groups is 1. The predicted molar refractivity (Wildman–Crippen MR) is 86.7 cm³/mol. The lowest BCUT2D eigenvalue weighted by Crippen LogP contribution is -2.15. The maximum Gasteiger partial charge on any atom is 0.234 e. The predicted octanol–water partition coefficient (Wildman–Crippen LogP) is 4.31. The highest BCUT2D eigenvalue weighted by Gasteiger charge is 2.06. The summed E-state index contributed by atoms with van der Waals surface area (Å²) in [4.78, 5) is 12.8. The van der Waals surface area contributed by atoms with E-state index in [9.17, 15) is 4.79 Å². The zero-order valence-corrected chi connectivity index (χ0v) is 12.7. The minimum Gasteiger partial charge on any atom is -0.397 e. The van der Waals surface area contributed by atoms with E-state index >= 15 is 0 Å². The van der Waals surface area contributed by atoms with Crippen LogP contribution in [0.2, 0.25) is 10.0 Å². The van der Waals surface area contributed by atoms with E-state index < -0.39 is 0 Å². The lowest BCUT2D eigenvalue weighted by atomic mass is 10.2. The fraction of sp³-hybridized carbons (Fsp3) is 0.0714. The minimum absolute atomic E-state index is 0.135. The standard InChI is InChI=1S/C14H12Cl2N2OS/c15-9-2-1-3-11(6-9)20-8-14(19)18-13-5-4-10(16)7-12(13)17/h1-7H,8,17H2,(H,18,19). The molecule has 0 radical (unpaired) electrons. The van der Waals surface area contributed by atoms with E-state index in [1.54, 1.807) is 24.3 Å². The number of amides is 1. The second-order valence-corrected chi connectivity index (χ2v) is 5.95. The Kier molecular flexibility index (Phi) is 5.17. The highest BCUT2D eigenvalue weighted by molar-refractivity contribution is 8.00. The second kappa shape index (κ2) is 6.88. The molecule has 3 N–H and O–H groups in total. The van der Waals surface area contributed by atoms with Gasteiger partial charge in [-0.15, -0.1) is 11.8 Å². The van der Waals surface area contributed by atoms with Crippen LogP contribution >= 0.6 is 35.0 Å². The molecule has 0 heterocycles. The van der Waals surface area contributed by atoms with Crippen molar-refractivity contribution in [3.8, 4) is 0 Å². The number of nitrogen functional groups attached to an aromatic ring is 1. The number of carbonyl (C=O) groups excluding carboxylic acids is 1. The molecule has 0 saturated heterocycles. The Bertz CT molecular complexity index is 634. The Labute approximate surface area is 131 Å². The van der Waals surface area contributed by atoms with E-state index in [-0.39, 0.29) is 11.7 Å². The molecule has 3 nitrogen and oxygen atoms in total. The maximum atomic E-state index is 11.9. The van der Waals surface area contributed by atoms with Gasteiger partial charge in [-0.05, 0) is 36.4 Å². The molecular formula is C14H12Cl2N2OS. The van der Waals surface area contributed by atoms with Crippen LogP contribution in [0.1, 0.15) is 0 Å². The van der Waals surface area contributed by atoms with Gasteiger partial charge in [0, 0.05) is 14.9 Å². The highest BCUT2D eigenvalue weighted by atomic mass is 35.5. The van der Waals surface area contributed by atoms with E-state index in [1.165, 1.54) is 11.8 Å². The van der Waals surface area contributed by atoms with E-state index in [4.69, 9.17) is 28.9 Å². The van der Waals surface area contributed by atoms with Gasteiger partial charge in [-0.1, -0.05) is 29.3 Å². The average Bonchev–Trinajstić information content (AvgIpc) is 2.40. The van der Waals surface area contributed by atoms with Crippen molar-refractivity contribution in [2.24, 2.45) is 0 Å². The van der Waals surface area contributed by atoms with Gasteiger partial charge >= 0.3 is 0 Å². The van der Waals surface area contributed by atoms with Gasteiger partial charge in [0.2, 0.25) is 5.91 Å². The molecule has 0 aliphatic carbocycles. The number of nitrogens with two attached hydrogens (primary N) is 1. The van der Waals surface area contributed by atoms with Crippen LogP contribution in [-0.4, -0.2) is 11.7 Å². The van der Waals surface area contributed by atoms with Crippen LogP contribution in [0.15, 0.2) is 47.4 Å². The van der Waals surface area contributed by atoms with Crippen LogP contribution in [0, 0.1) is 0 Å². The Morgan fingerprint density at radius 2 is 1.90 bits per heavy atom. The van der Waals surface area contributed by atoms with Crippen molar-refractivity contribution in [3.05, 3.63) is 52.5 Å². The van der Waals surface area contributed by atoms with Gasteiger partial charge < -0.3 is 11.1 Å². The first kappa shape index (κ1) is 15.0. The van der Waals surface area contributed by atoms with Gasteiger partial charge in [0.05, 0.1) is 17.1 Å². The lowest BCUT2D eigenvalue weighted by molar-refractivity contribution is -0.113. The molecular weight excluding hydrogens is 315 g/mol. The van der Waals surface area contributed by atoms with Crippen LogP contribution < -0.4 is 11.1 Å². The minimum atomic E-state index is -0.135. The summed E-state index contributed by atoms with van der Waals surface area (Å²) in [5.41, 5.74) is 6.78. The van der Waals surface area contributed by atoms with E-state index in [0.717, 1.165) is 4.90 Å². The third-order valence-electron chi connectivity index (χ3n) is 2.45. The van der Waals surface area contributed by atoms with Gasteiger partial charge in [-0.2, -0.15) is 0 Å². The third kappa shape index (κ3) is 4.34.